The Morgan fingerprint density at radius 2 is 1.83 bits per heavy atom. The van der Waals surface area contributed by atoms with E-state index in [4.69, 9.17) is 18.3 Å². The van der Waals surface area contributed by atoms with Crippen LogP contribution >= 0.6 is 0 Å². The Morgan fingerprint density at radius 1 is 1.03 bits per heavy atom. The fourth-order valence-electron chi connectivity index (χ4n) is 3.34. The Hall–Kier alpha value is -3.54. The number of carbonyl (C=O) groups excluding carboxylic acids is 1. The third kappa shape index (κ3) is 3.61. The minimum atomic E-state index is -0.466. The summed E-state index contributed by atoms with van der Waals surface area (Å²) in [5, 5.41) is 1.60. The van der Waals surface area contributed by atoms with E-state index >= 15 is 0 Å². The summed E-state index contributed by atoms with van der Waals surface area (Å²) in [5.41, 5.74) is 3.98. The lowest BCUT2D eigenvalue weighted by Gasteiger charge is -2.09. The molecule has 0 radical (unpaired) electrons. The van der Waals surface area contributed by atoms with E-state index in [-0.39, 0.29) is 13.0 Å². The van der Waals surface area contributed by atoms with Crippen LogP contribution in [0, 0.1) is 13.8 Å². The summed E-state index contributed by atoms with van der Waals surface area (Å²) in [4.78, 5) is 24.3. The number of benzene rings is 2. The van der Waals surface area contributed by atoms with Crippen LogP contribution in [0.15, 0.2) is 56.3 Å². The lowest BCUT2D eigenvalue weighted by molar-refractivity contribution is -0.144. The average molecular weight is 392 g/mol. The van der Waals surface area contributed by atoms with E-state index in [0.717, 1.165) is 27.5 Å². The van der Waals surface area contributed by atoms with E-state index in [2.05, 4.69) is 0 Å². The van der Waals surface area contributed by atoms with Crippen LogP contribution in [0.4, 0.5) is 0 Å². The van der Waals surface area contributed by atoms with E-state index in [1.807, 2.05) is 38.1 Å². The molecule has 6 heteroatoms. The predicted molar refractivity (Wildman–Crippen MR) is 108 cm³/mol. The molecule has 0 N–H and O–H groups in total. The fourth-order valence-corrected chi connectivity index (χ4v) is 3.34. The van der Waals surface area contributed by atoms with Crippen molar-refractivity contribution in [1.29, 1.82) is 0 Å². The van der Waals surface area contributed by atoms with Crippen LogP contribution in [0.5, 0.6) is 5.75 Å². The van der Waals surface area contributed by atoms with Gasteiger partial charge in [0.25, 0.3) is 0 Å². The van der Waals surface area contributed by atoms with Crippen LogP contribution in [0.3, 0.4) is 0 Å². The topological polar surface area (TPSA) is 78.9 Å². The molecule has 148 valence electrons. The van der Waals surface area contributed by atoms with Gasteiger partial charge < -0.3 is 18.3 Å². The molecule has 0 aliphatic heterocycles. The quantitative estimate of drug-likeness (QED) is 0.369. The maximum Gasteiger partial charge on any atom is 0.336 e. The molecule has 4 aromatic rings. The summed E-state index contributed by atoms with van der Waals surface area (Å²) >= 11 is 0. The number of ether oxygens (including phenoxy) is 2. The molecule has 2 heterocycles. The van der Waals surface area contributed by atoms with Gasteiger partial charge >= 0.3 is 11.6 Å². The van der Waals surface area contributed by atoms with Crippen LogP contribution in [-0.2, 0) is 22.6 Å². The van der Waals surface area contributed by atoms with Crippen LogP contribution in [0.25, 0.3) is 21.9 Å². The third-order valence-electron chi connectivity index (χ3n) is 5.10. The molecule has 0 unspecified atom stereocenters. The van der Waals surface area contributed by atoms with Gasteiger partial charge in [0.2, 0.25) is 0 Å². The first kappa shape index (κ1) is 18.8. The number of rotatable bonds is 5. The lowest BCUT2D eigenvalue weighted by Crippen LogP contribution is -2.10. The van der Waals surface area contributed by atoms with Crippen LogP contribution in [-0.4, -0.2) is 13.1 Å². The Morgan fingerprint density at radius 3 is 2.62 bits per heavy atom. The summed E-state index contributed by atoms with van der Waals surface area (Å²) < 4.78 is 21.5. The van der Waals surface area contributed by atoms with Gasteiger partial charge in [-0.15, -0.1) is 0 Å². The van der Waals surface area contributed by atoms with Gasteiger partial charge in [-0.3, -0.25) is 4.79 Å². The first-order valence-electron chi connectivity index (χ1n) is 9.19. The Kier molecular flexibility index (Phi) is 4.84. The van der Waals surface area contributed by atoms with E-state index in [0.29, 0.717) is 22.5 Å². The second-order valence-corrected chi connectivity index (χ2v) is 6.94. The standard InChI is InChI=1S/C23H20O6/c1-13-4-6-19-16(9-22(25)29-23(19)14(13)2)12-28-21(24)8-15-11-27-20-10-17(26-3)5-7-18(15)20/h4-7,9-11H,8,12H2,1-3H3. The van der Waals surface area contributed by atoms with Crippen molar-refractivity contribution in [3.05, 3.63) is 75.3 Å². The van der Waals surface area contributed by atoms with Crippen LogP contribution < -0.4 is 10.4 Å². The SMILES string of the molecule is COc1ccc2c(CC(=O)OCc3cc(=O)oc4c(C)c(C)ccc34)coc2c1. The average Bonchev–Trinajstić information content (AvgIpc) is 3.11. The highest BCUT2D eigenvalue weighted by Gasteiger charge is 2.14. The Balaban J connectivity index is 1.53. The van der Waals surface area contributed by atoms with Crippen molar-refractivity contribution >= 4 is 27.9 Å². The third-order valence-corrected chi connectivity index (χ3v) is 5.10. The molecule has 2 aromatic heterocycles. The highest BCUT2D eigenvalue weighted by molar-refractivity contribution is 5.87. The number of furan rings is 1. The monoisotopic (exact) mass is 392 g/mol. The first-order valence-corrected chi connectivity index (χ1v) is 9.19. The molecule has 0 amide bonds. The molecule has 0 saturated carbocycles. The van der Waals surface area contributed by atoms with Crippen molar-refractivity contribution in [2.24, 2.45) is 0 Å². The number of hydrogen-bond donors (Lipinski definition) is 0. The number of esters is 1. The van der Waals surface area contributed by atoms with E-state index in [1.165, 1.54) is 6.07 Å². The molecule has 0 spiro atoms. The predicted octanol–water partition coefficient (Wildman–Crippen LogP) is 4.45. The van der Waals surface area contributed by atoms with Gasteiger partial charge in [-0.05, 0) is 37.1 Å². The Labute approximate surface area is 166 Å². The van der Waals surface area contributed by atoms with Crippen molar-refractivity contribution in [2.45, 2.75) is 26.9 Å². The van der Waals surface area contributed by atoms with E-state index < -0.39 is 11.6 Å². The molecular weight excluding hydrogens is 372 g/mol. The van der Waals surface area contributed by atoms with Crippen LogP contribution in [0.1, 0.15) is 22.3 Å². The van der Waals surface area contributed by atoms with Gasteiger partial charge in [0, 0.05) is 34.0 Å². The minimum absolute atomic E-state index is 0.00690. The zero-order valence-corrected chi connectivity index (χ0v) is 16.4. The lowest BCUT2D eigenvalue weighted by atomic mass is 10.0. The smallest absolute Gasteiger partial charge is 0.336 e. The summed E-state index contributed by atoms with van der Waals surface area (Å²) in [6, 6.07) is 10.6. The molecule has 0 saturated heterocycles. The van der Waals surface area contributed by atoms with Crippen molar-refractivity contribution in [3.63, 3.8) is 0 Å². The zero-order valence-electron chi connectivity index (χ0n) is 16.4. The van der Waals surface area contributed by atoms with Crippen molar-refractivity contribution in [3.8, 4) is 5.75 Å². The summed E-state index contributed by atoms with van der Waals surface area (Å²) in [5.74, 6) is 0.273. The van der Waals surface area contributed by atoms with E-state index in [1.54, 1.807) is 19.4 Å². The van der Waals surface area contributed by atoms with Gasteiger partial charge in [-0.1, -0.05) is 12.1 Å². The number of hydrogen-bond acceptors (Lipinski definition) is 6. The second-order valence-electron chi connectivity index (χ2n) is 6.94. The largest absolute Gasteiger partial charge is 0.497 e. The highest BCUT2D eigenvalue weighted by atomic mass is 16.5. The highest BCUT2D eigenvalue weighted by Crippen LogP contribution is 2.27. The van der Waals surface area contributed by atoms with Crippen LogP contribution in [0.2, 0.25) is 0 Å². The zero-order chi connectivity index (χ0) is 20.5. The summed E-state index contributed by atoms with van der Waals surface area (Å²) in [7, 11) is 1.58. The Bertz CT molecular complexity index is 1280. The van der Waals surface area contributed by atoms with Gasteiger partial charge in [0.15, 0.2) is 0 Å². The summed E-state index contributed by atoms with van der Waals surface area (Å²) in [6.45, 7) is 3.84. The van der Waals surface area contributed by atoms with Crippen molar-refractivity contribution in [1.82, 2.24) is 0 Å². The molecule has 0 aliphatic carbocycles. The van der Waals surface area contributed by atoms with Crippen molar-refractivity contribution in [2.75, 3.05) is 7.11 Å². The number of aryl methyl sites for hydroxylation is 2. The molecule has 0 bridgehead atoms. The molecule has 0 aliphatic rings. The fraction of sp³-hybridized carbons (Fsp3) is 0.217. The molecular formula is C23H20O6. The maximum absolute atomic E-state index is 12.4. The van der Waals surface area contributed by atoms with Gasteiger partial charge in [-0.25, -0.2) is 4.79 Å². The number of methoxy groups -OCH3 is 1. The summed E-state index contributed by atoms with van der Waals surface area (Å²) in [6.07, 6.45) is 1.61. The van der Waals surface area contributed by atoms with Gasteiger partial charge in [0.1, 0.15) is 23.5 Å². The molecule has 0 fully saturated rings. The molecule has 0 atom stereocenters. The maximum atomic E-state index is 12.4. The van der Waals surface area contributed by atoms with Gasteiger partial charge in [0.05, 0.1) is 19.8 Å². The second kappa shape index (κ2) is 7.47. The molecule has 2 aromatic carbocycles. The number of carbonyl (C=O) groups is 1. The first-order chi connectivity index (χ1) is 14.0. The molecule has 29 heavy (non-hydrogen) atoms. The van der Waals surface area contributed by atoms with E-state index in [9.17, 15) is 9.59 Å². The van der Waals surface area contributed by atoms with Gasteiger partial charge in [-0.2, -0.15) is 0 Å². The molecule has 4 rings (SSSR count). The minimum Gasteiger partial charge on any atom is -0.497 e. The number of fused-ring (bicyclic) bond motifs is 2. The molecule has 6 nitrogen and oxygen atoms in total. The van der Waals surface area contributed by atoms with Crippen molar-refractivity contribution < 1.29 is 23.1 Å². The normalized spacial score (nSPS) is 11.1.